The lowest BCUT2D eigenvalue weighted by molar-refractivity contribution is -0.151. The molecule has 0 bridgehead atoms. The predicted molar refractivity (Wildman–Crippen MR) is 76.0 cm³/mol. The number of hydrogen-bond donors (Lipinski definition) is 1. The molecule has 3 nitrogen and oxygen atoms in total. The van der Waals surface area contributed by atoms with Crippen molar-refractivity contribution in [2.75, 3.05) is 20.3 Å². The van der Waals surface area contributed by atoms with E-state index in [9.17, 15) is 5.11 Å². The first-order valence-corrected chi connectivity index (χ1v) is 7.08. The highest BCUT2D eigenvalue weighted by Crippen LogP contribution is 2.33. The Morgan fingerprint density at radius 3 is 2.68 bits per heavy atom. The van der Waals surface area contributed by atoms with Crippen molar-refractivity contribution < 1.29 is 14.6 Å². The summed E-state index contributed by atoms with van der Waals surface area (Å²) in [6, 6.07) is 5.44. The van der Waals surface area contributed by atoms with Gasteiger partial charge in [0, 0.05) is 39.6 Å². The zero-order valence-corrected chi connectivity index (χ0v) is 12.4. The summed E-state index contributed by atoms with van der Waals surface area (Å²) in [7, 11) is 1.63. The summed E-state index contributed by atoms with van der Waals surface area (Å²) < 4.78 is 10.9. The van der Waals surface area contributed by atoms with Crippen molar-refractivity contribution in [2.45, 2.75) is 31.0 Å². The van der Waals surface area contributed by atoms with E-state index in [0.717, 1.165) is 5.56 Å². The van der Waals surface area contributed by atoms with Gasteiger partial charge in [0.2, 0.25) is 0 Å². The molecule has 0 saturated carbocycles. The van der Waals surface area contributed by atoms with Crippen LogP contribution in [0.25, 0.3) is 0 Å². The molecule has 5 heteroatoms. The number of methoxy groups -OCH3 is 1. The third kappa shape index (κ3) is 3.23. The van der Waals surface area contributed by atoms with Crippen molar-refractivity contribution in [3.05, 3.63) is 33.8 Å². The molecule has 1 fully saturated rings. The van der Waals surface area contributed by atoms with Gasteiger partial charge in [0.05, 0.1) is 21.8 Å². The molecule has 0 aliphatic carbocycles. The van der Waals surface area contributed by atoms with Crippen LogP contribution in [0, 0.1) is 0 Å². The minimum atomic E-state index is -0.627. The lowest BCUT2D eigenvalue weighted by atomic mass is 9.84. The van der Waals surface area contributed by atoms with Gasteiger partial charge in [-0.3, -0.25) is 0 Å². The molecule has 19 heavy (non-hydrogen) atoms. The summed E-state index contributed by atoms with van der Waals surface area (Å²) in [6.45, 7) is 1.21. The number of ether oxygens (including phenoxy) is 2. The van der Waals surface area contributed by atoms with Gasteiger partial charge in [-0.2, -0.15) is 0 Å². The van der Waals surface area contributed by atoms with E-state index in [2.05, 4.69) is 0 Å². The second kappa shape index (κ2) is 6.42. The van der Waals surface area contributed by atoms with Gasteiger partial charge >= 0.3 is 0 Å². The monoisotopic (exact) mass is 304 g/mol. The number of aliphatic hydroxyl groups is 1. The summed E-state index contributed by atoms with van der Waals surface area (Å²) in [5, 5.41) is 11.5. The van der Waals surface area contributed by atoms with Crippen LogP contribution in [0.4, 0.5) is 0 Å². The summed E-state index contributed by atoms with van der Waals surface area (Å²) >= 11 is 12.1. The first-order chi connectivity index (χ1) is 9.09. The van der Waals surface area contributed by atoms with Crippen molar-refractivity contribution in [2.24, 2.45) is 0 Å². The SMILES string of the molecule is COC1(C(O)Cc2cccc(Cl)c2Cl)CCOCC1. The molecule has 1 aliphatic heterocycles. The Morgan fingerprint density at radius 1 is 1.37 bits per heavy atom. The van der Waals surface area contributed by atoms with E-state index in [1.807, 2.05) is 12.1 Å². The van der Waals surface area contributed by atoms with E-state index in [1.54, 1.807) is 13.2 Å². The summed E-state index contributed by atoms with van der Waals surface area (Å²) in [6.07, 6.45) is 1.16. The minimum absolute atomic E-state index is 0.424. The van der Waals surface area contributed by atoms with Gasteiger partial charge in [-0.25, -0.2) is 0 Å². The largest absolute Gasteiger partial charge is 0.390 e. The van der Waals surface area contributed by atoms with E-state index < -0.39 is 11.7 Å². The maximum Gasteiger partial charge on any atom is 0.0983 e. The molecule has 1 aromatic carbocycles. The molecule has 1 aromatic rings. The molecule has 2 rings (SSSR count). The van der Waals surface area contributed by atoms with Crippen molar-refractivity contribution in [1.29, 1.82) is 0 Å². The Kier molecular flexibility index (Phi) is 5.09. The molecule has 0 amide bonds. The van der Waals surface area contributed by atoms with Crippen LogP contribution in [0.3, 0.4) is 0 Å². The van der Waals surface area contributed by atoms with Crippen LogP contribution in [0.5, 0.6) is 0 Å². The maximum atomic E-state index is 10.5. The average molecular weight is 305 g/mol. The fourth-order valence-corrected chi connectivity index (χ4v) is 2.89. The van der Waals surface area contributed by atoms with E-state index in [4.69, 9.17) is 32.7 Å². The average Bonchev–Trinajstić information content (AvgIpc) is 2.44. The Bertz CT molecular complexity index is 431. The topological polar surface area (TPSA) is 38.7 Å². The predicted octanol–water partition coefficient (Wildman–Crippen LogP) is 3.09. The molecule has 0 aromatic heterocycles. The number of benzene rings is 1. The highest BCUT2D eigenvalue weighted by atomic mass is 35.5. The van der Waals surface area contributed by atoms with Crippen LogP contribution in [0.15, 0.2) is 18.2 Å². The first kappa shape index (κ1) is 15.1. The van der Waals surface area contributed by atoms with Crippen LogP contribution in [0.1, 0.15) is 18.4 Å². The van der Waals surface area contributed by atoms with Gasteiger partial charge in [-0.15, -0.1) is 0 Å². The molecular formula is C14H18Cl2O3. The van der Waals surface area contributed by atoms with Gasteiger partial charge < -0.3 is 14.6 Å². The van der Waals surface area contributed by atoms with E-state index in [0.29, 0.717) is 42.5 Å². The molecule has 1 heterocycles. The van der Waals surface area contributed by atoms with Crippen molar-refractivity contribution >= 4 is 23.2 Å². The van der Waals surface area contributed by atoms with Gasteiger partial charge in [-0.05, 0) is 11.6 Å². The normalized spacial score (nSPS) is 20.2. The van der Waals surface area contributed by atoms with Crippen LogP contribution >= 0.6 is 23.2 Å². The lowest BCUT2D eigenvalue weighted by Crippen LogP contribution is -2.49. The highest BCUT2D eigenvalue weighted by molar-refractivity contribution is 6.42. The fourth-order valence-electron chi connectivity index (χ4n) is 2.49. The smallest absolute Gasteiger partial charge is 0.0983 e. The molecule has 1 saturated heterocycles. The quantitative estimate of drug-likeness (QED) is 0.929. The Morgan fingerprint density at radius 2 is 2.05 bits per heavy atom. The Hall–Kier alpha value is -0.320. The lowest BCUT2D eigenvalue weighted by Gasteiger charge is -2.39. The molecule has 0 spiro atoms. The number of halogens is 2. The maximum absolute atomic E-state index is 10.5. The Labute approximate surface area is 123 Å². The van der Waals surface area contributed by atoms with Crippen LogP contribution < -0.4 is 0 Å². The van der Waals surface area contributed by atoms with Crippen molar-refractivity contribution in [3.63, 3.8) is 0 Å². The molecule has 106 valence electrons. The Balaban J connectivity index is 2.15. The van der Waals surface area contributed by atoms with Gasteiger partial charge in [0.25, 0.3) is 0 Å². The zero-order chi connectivity index (χ0) is 13.9. The summed E-state index contributed by atoms with van der Waals surface area (Å²) in [5.41, 5.74) is 0.286. The summed E-state index contributed by atoms with van der Waals surface area (Å²) in [4.78, 5) is 0. The molecular weight excluding hydrogens is 287 g/mol. The van der Waals surface area contributed by atoms with Crippen molar-refractivity contribution in [1.82, 2.24) is 0 Å². The number of rotatable bonds is 4. The number of aliphatic hydroxyl groups excluding tert-OH is 1. The van der Waals surface area contributed by atoms with Gasteiger partial charge in [-0.1, -0.05) is 35.3 Å². The van der Waals surface area contributed by atoms with Crippen LogP contribution in [-0.4, -0.2) is 37.1 Å². The minimum Gasteiger partial charge on any atom is -0.390 e. The second-order valence-electron chi connectivity index (χ2n) is 4.81. The standard InChI is InChI=1S/C14H18Cl2O3/c1-18-14(5-7-19-8-6-14)12(17)9-10-3-2-4-11(15)13(10)16/h2-4,12,17H,5-9H2,1H3. The fraction of sp³-hybridized carbons (Fsp3) is 0.571. The third-order valence-electron chi connectivity index (χ3n) is 3.80. The zero-order valence-electron chi connectivity index (χ0n) is 10.9. The van der Waals surface area contributed by atoms with E-state index in [-0.39, 0.29) is 0 Å². The van der Waals surface area contributed by atoms with Gasteiger partial charge in [0.1, 0.15) is 0 Å². The van der Waals surface area contributed by atoms with E-state index in [1.165, 1.54) is 0 Å². The van der Waals surface area contributed by atoms with Gasteiger partial charge in [0.15, 0.2) is 0 Å². The van der Waals surface area contributed by atoms with Crippen LogP contribution in [-0.2, 0) is 15.9 Å². The first-order valence-electron chi connectivity index (χ1n) is 6.33. The van der Waals surface area contributed by atoms with E-state index >= 15 is 0 Å². The second-order valence-corrected chi connectivity index (χ2v) is 5.60. The summed E-state index contributed by atoms with van der Waals surface area (Å²) in [5.74, 6) is 0. The van der Waals surface area contributed by atoms with Crippen LogP contribution in [0.2, 0.25) is 10.0 Å². The highest BCUT2D eigenvalue weighted by Gasteiger charge is 2.39. The molecule has 1 aliphatic rings. The molecule has 0 radical (unpaired) electrons. The molecule has 1 atom stereocenters. The third-order valence-corrected chi connectivity index (χ3v) is 4.66. The molecule has 1 unspecified atom stereocenters. The van der Waals surface area contributed by atoms with Crippen molar-refractivity contribution in [3.8, 4) is 0 Å². The molecule has 1 N–H and O–H groups in total. The number of hydrogen-bond acceptors (Lipinski definition) is 3.